The highest BCUT2D eigenvalue weighted by atomic mass is 15.1. The Hall–Kier alpha value is -1.91. The fourth-order valence-electron chi connectivity index (χ4n) is 1.54. The molecule has 0 aliphatic carbocycles. The molecule has 0 fully saturated rings. The maximum atomic E-state index is 4.31. The van der Waals surface area contributed by atoms with Crippen molar-refractivity contribution in [3.63, 3.8) is 0 Å². The first-order valence-corrected chi connectivity index (χ1v) is 5.26. The monoisotopic (exact) mass is 217 g/mol. The van der Waals surface area contributed by atoms with Crippen LogP contribution in [0, 0.1) is 13.8 Å². The number of imidazole rings is 1. The third kappa shape index (κ3) is 2.79. The molecule has 5 nitrogen and oxygen atoms in total. The summed E-state index contributed by atoms with van der Waals surface area (Å²) in [5.41, 5.74) is 0.984. The normalized spacial score (nSPS) is 10.4. The van der Waals surface area contributed by atoms with Gasteiger partial charge in [-0.05, 0) is 13.8 Å². The third-order valence-corrected chi connectivity index (χ3v) is 2.20. The van der Waals surface area contributed by atoms with Crippen LogP contribution in [0.4, 0.5) is 5.82 Å². The second-order valence-corrected chi connectivity index (χ2v) is 3.67. The van der Waals surface area contributed by atoms with E-state index in [0.29, 0.717) is 0 Å². The minimum absolute atomic E-state index is 0.796. The summed E-state index contributed by atoms with van der Waals surface area (Å²) < 4.78 is 2.02. The molecule has 0 bridgehead atoms. The summed E-state index contributed by atoms with van der Waals surface area (Å²) in [6, 6.07) is 1.95. The van der Waals surface area contributed by atoms with E-state index in [9.17, 15) is 0 Å². The summed E-state index contributed by atoms with van der Waals surface area (Å²) in [4.78, 5) is 12.5. The van der Waals surface area contributed by atoms with Crippen molar-refractivity contribution in [1.82, 2.24) is 19.5 Å². The van der Waals surface area contributed by atoms with E-state index < -0.39 is 0 Å². The molecule has 2 aromatic rings. The van der Waals surface area contributed by atoms with Gasteiger partial charge in [-0.1, -0.05) is 0 Å². The number of hydrogen-bond acceptors (Lipinski definition) is 4. The summed E-state index contributed by atoms with van der Waals surface area (Å²) in [7, 11) is 0. The van der Waals surface area contributed by atoms with E-state index in [4.69, 9.17) is 0 Å². The SMILES string of the molecule is Cc1cc(NCCn2ccnc2)nc(C)n1. The highest BCUT2D eigenvalue weighted by Gasteiger charge is 1.97. The molecule has 0 aromatic carbocycles. The molecule has 0 spiro atoms. The van der Waals surface area contributed by atoms with Crippen LogP contribution in [0.2, 0.25) is 0 Å². The Morgan fingerprint density at radius 2 is 2.19 bits per heavy atom. The maximum Gasteiger partial charge on any atom is 0.129 e. The predicted octanol–water partition coefficient (Wildman–Crippen LogP) is 1.40. The first kappa shape index (κ1) is 10.6. The van der Waals surface area contributed by atoms with Crippen LogP contribution in [0.3, 0.4) is 0 Å². The highest BCUT2D eigenvalue weighted by Crippen LogP contribution is 2.04. The molecule has 0 amide bonds. The van der Waals surface area contributed by atoms with Crippen molar-refractivity contribution in [3.05, 3.63) is 36.3 Å². The average Bonchev–Trinajstić information content (AvgIpc) is 2.69. The molecule has 84 valence electrons. The summed E-state index contributed by atoms with van der Waals surface area (Å²) in [6.07, 6.45) is 5.52. The fourth-order valence-corrected chi connectivity index (χ4v) is 1.54. The van der Waals surface area contributed by atoms with E-state index in [1.54, 1.807) is 12.5 Å². The molecular formula is C11H15N5. The van der Waals surface area contributed by atoms with Crippen molar-refractivity contribution in [2.24, 2.45) is 0 Å². The first-order valence-electron chi connectivity index (χ1n) is 5.26. The molecule has 0 aliphatic heterocycles. The molecule has 2 aromatic heterocycles. The minimum atomic E-state index is 0.796. The van der Waals surface area contributed by atoms with E-state index in [-0.39, 0.29) is 0 Å². The number of aryl methyl sites for hydroxylation is 2. The largest absolute Gasteiger partial charge is 0.368 e. The number of nitrogens with zero attached hydrogens (tertiary/aromatic N) is 4. The Bertz CT molecular complexity index is 429. The molecule has 0 unspecified atom stereocenters. The molecule has 0 saturated carbocycles. The van der Waals surface area contributed by atoms with Gasteiger partial charge in [0.15, 0.2) is 0 Å². The molecule has 0 aliphatic rings. The van der Waals surface area contributed by atoms with Gasteiger partial charge in [0, 0.05) is 37.2 Å². The highest BCUT2D eigenvalue weighted by molar-refractivity contribution is 5.35. The smallest absolute Gasteiger partial charge is 0.129 e. The van der Waals surface area contributed by atoms with Crippen LogP contribution in [-0.4, -0.2) is 26.1 Å². The van der Waals surface area contributed by atoms with E-state index in [1.165, 1.54) is 0 Å². The first-order chi connectivity index (χ1) is 7.74. The van der Waals surface area contributed by atoms with E-state index >= 15 is 0 Å². The van der Waals surface area contributed by atoms with Crippen LogP contribution in [0.15, 0.2) is 24.8 Å². The predicted molar refractivity (Wildman–Crippen MR) is 62.2 cm³/mol. The van der Waals surface area contributed by atoms with Crippen LogP contribution < -0.4 is 5.32 Å². The molecule has 2 heterocycles. The number of anilines is 1. The van der Waals surface area contributed by atoms with Crippen LogP contribution in [0.25, 0.3) is 0 Å². The van der Waals surface area contributed by atoms with Crippen LogP contribution >= 0.6 is 0 Å². The van der Waals surface area contributed by atoms with Crippen LogP contribution in [0.5, 0.6) is 0 Å². The van der Waals surface area contributed by atoms with Gasteiger partial charge < -0.3 is 9.88 Å². The van der Waals surface area contributed by atoms with Gasteiger partial charge in [0.1, 0.15) is 11.6 Å². The third-order valence-electron chi connectivity index (χ3n) is 2.20. The molecule has 0 saturated heterocycles. The summed E-state index contributed by atoms with van der Waals surface area (Å²) in [5, 5.41) is 3.26. The summed E-state index contributed by atoms with van der Waals surface area (Å²) >= 11 is 0. The molecule has 0 atom stereocenters. The Morgan fingerprint density at radius 1 is 1.31 bits per heavy atom. The zero-order valence-corrected chi connectivity index (χ0v) is 9.51. The standard InChI is InChI=1S/C11H15N5/c1-9-7-11(15-10(2)14-9)13-4-6-16-5-3-12-8-16/h3,5,7-8H,4,6H2,1-2H3,(H,13,14,15). The van der Waals surface area contributed by atoms with Crippen molar-refractivity contribution in [3.8, 4) is 0 Å². The second kappa shape index (κ2) is 4.74. The van der Waals surface area contributed by atoms with Crippen molar-refractivity contribution in [2.75, 3.05) is 11.9 Å². The fraction of sp³-hybridized carbons (Fsp3) is 0.364. The number of hydrogen-bond donors (Lipinski definition) is 1. The summed E-state index contributed by atoms with van der Waals surface area (Å²) in [6.45, 7) is 5.57. The lowest BCUT2D eigenvalue weighted by molar-refractivity contribution is 0.724. The quantitative estimate of drug-likeness (QED) is 0.841. The maximum absolute atomic E-state index is 4.31. The van der Waals surface area contributed by atoms with Gasteiger partial charge in [-0.25, -0.2) is 15.0 Å². The van der Waals surface area contributed by atoms with Gasteiger partial charge in [-0.15, -0.1) is 0 Å². The second-order valence-electron chi connectivity index (χ2n) is 3.67. The van der Waals surface area contributed by atoms with Crippen molar-refractivity contribution in [2.45, 2.75) is 20.4 Å². The van der Waals surface area contributed by atoms with Crippen molar-refractivity contribution >= 4 is 5.82 Å². The van der Waals surface area contributed by atoms with E-state index in [0.717, 1.165) is 30.4 Å². The van der Waals surface area contributed by atoms with Crippen LogP contribution in [0.1, 0.15) is 11.5 Å². The summed E-state index contributed by atoms with van der Waals surface area (Å²) in [5.74, 6) is 1.68. The topological polar surface area (TPSA) is 55.6 Å². The van der Waals surface area contributed by atoms with E-state index in [1.807, 2.05) is 30.7 Å². The number of rotatable bonds is 4. The zero-order valence-electron chi connectivity index (χ0n) is 9.51. The Kier molecular flexibility index (Phi) is 3.14. The Labute approximate surface area is 94.6 Å². The van der Waals surface area contributed by atoms with E-state index in [2.05, 4.69) is 20.3 Å². The number of aromatic nitrogens is 4. The van der Waals surface area contributed by atoms with Gasteiger partial charge in [0.2, 0.25) is 0 Å². The zero-order chi connectivity index (χ0) is 11.4. The van der Waals surface area contributed by atoms with Gasteiger partial charge in [-0.2, -0.15) is 0 Å². The molecule has 16 heavy (non-hydrogen) atoms. The minimum Gasteiger partial charge on any atom is -0.368 e. The van der Waals surface area contributed by atoms with Crippen molar-refractivity contribution in [1.29, 1.82) is 0 Å². The molecule has 5 heteroatoms. The van der Waals surface area contributed by atoms with Gasteiger partial charge in [-0.3, -0.25) is 0 Å². The van der Waals surface area contributed by atoms with Gasteiger partial charge in [0.05, 0.1) is 6.33 Å². The lowest BCUT2D eigenvalue weighted by atomic mass is 10.4. The molecule has 1 N–H and O–H groups in total. The van der Waals surface area contributed by atoms with Crippen LogP contribution in [-0.2, 0) is 6.54 Å². The number of nitrogens with one attached hydrogen (secondary N) is 1. The molecule has 2 rings (SSSR count). The molecule has 0 radical (unpaired) electrons. The van der Waals surface area contributed by atoms with Gasteiger partial charge in [0.25, 0.3) is 0 Å². The lowest BCUT2D eigenvalue weighted by Crippen LogP contribution is -2.11. The van der Waals surface area contributed by atoms with Crippen molar-refractivity contribution < 1.29 is 0 Å². The molecular weight excluding hydrogens is 202 g/mol. The average molecular weight is 217 g/mol. The lowest BCUT2D eigenvalue weighted by Gasteiger charge is -2.07. The Morgan fingerprint density at radius 3 is 2.88 bits per heavy atom. The van der Waals surface area contributed by atoms with Gasteiger partial charge >= 0.3 is 0 Å². The Balaban J connectivity index is 1.89.